The topological polar surface area (TPSA) is 56.3 Å². The molecule has 0 aliphatic heterocycles. The summed E-state index contributed by atoms with van der Waals surface area (Å²) in [6, 6.07) is 2.06. The number of ether oxygens (including phenoxy) is 2. The Hall–Kier alpha value is -1.36. The fourth-order valence-electron chi connectivity index (χ4n) is 1.40. The van der Waals surface area contributed by atoms with Gasteiger partial charge in [-0.25, -0.2) is 9.97 Å². The second-order valence-corrected chi connectivity index (χ2v) is 4.11. The maximum Gasteiger partial charge on any atom is 0.218 e. The zero-order chi connectivity index (χ0) is 12.7. The Kier molecular flexibility index (Phi) is 5.69. The summed E-state index contributed by atoms with van der Waals surface area (Å²) in [4.78, 5) is 8.21. The van der Waals surface area contributed by atoms with Gasteiger partial charge in [-0.2, -0.15) is 0 Å². The van der Waals surface area contributed by atoms with E-state index in [2.05, 4.69) is 22.2 Å². The van der Waals surface area contributed by atoms with Gasteiger partial charge in [0.1, 0.15) is 12.1 Å². The lowest BCUT2D eigenvalue weighted by Gasteiger charge is -2.17. The molecule has 0 saturated heterocycles. The van der Waals surface area contributed by atoms with E-state index in [0.717, 1.165) is 12.2 Å². The predicted octanol–water partition coefficient (Wildman–Crippen LogP) is 2.10. The van der Waals surface area contributed by atoms with Gasteiger partial charge in [-0.15, -0.1) is 0 Å². The van der Waals surface area contributed by atoms with E-state index in [1.165, 1.54) is 6.33 Å². The van der Waals surface area contributed by atoms with Crippen LogP contribution in [0.3, 0.4) is 0 Å². The van der Waals surface area contributed by atoms with Crippen molar-refractivity contribution in [1.29, 1.82) is 0 Å². The molecule has 0 aromatic carbocycles. The first kappa shape index (κ1) is 13.7. The van der Waals surface area contributed by atoms with Gasteiger partial charge >= 0.3 is 0 Å². The zero-order valence-electron chi connectivity index (χ0n) is 10.9. The third-order valence-electron chi connectivity index (χ3n) is 2.21. The van der Waals surface area contributed by atoms with Crippen LogP contribution < -0.4 is 10.1 Å². The van der Waals surface area contributed by atoms with Crippen molar-refractivity contribution < 1.29 is 9.47 Å². The van der Waals surface area contributed by atoms with Crippen LogP contribution in [0.2, 0.25) is 0 Å². The van der Waals surface area contributed by atoms with Gasteiger partial charge in [-0.05, 0) is 20.3 Å². The van der Waals surface area contributed by atoms with E-state index >= 15 is 0 Å². The first-order chi connectivity index (χ1) is 8.15. The zero-order valence-corrected chi connectivity index (χ0v) is 10.9. The molecule has 1 atom stereocenters. The molecule has 0 fully saturated rings. The fraction of sp³-hybridized carbons (Fsp3) is 0.667. The highest BCUT2D eigenvalue weighted by molar-refractivity contribution is 5.38. The second kappa shape index (κ2) is 7.06. The Morgan fingerprint density at radius 1 is 1.35 bits per heavy atom. The Labute approximate surface area is 103 Å². The van der Waals surface area contributed by atoms with Crippen LogP contribution in [0.15, 0.2) is 12.4 Å². The summed E-state index contributed by atoms with van der Waals surface area (Å²) < 4.78 is 10.6. The number of rotatable bonds is 7. The number of hydrogen-bond acceptors (Lipinski definition) is 5. The molecule has 1 N–H and O–H groups in total. The van der Waals surface area contributed by atoms with E-state index in [1.54, 1.807) is 13.2 Å². The minimum Gasteiger partial charge on any atom is -0.475 e. The molecule has 0 amide bonds. The van der Waals surface area contributed by atoms with E-state index < -0.39 is 0 Å². The van der Waals surface area contributed by atoms with Crippen LogP contribution in [0, 0.1) is 0 Å². The number of anilines is 1. The molecule has 0 bridgehead atoms. The average Bonchev–Trinajstić information content (AvgIpc) is 2.28. The summed E-state index contributed by atoms with van der Waals surface area (Å²) in [6.07, 6.45) is 2.58. The molecule has 0 aliphatic carbocycles. The second-order valence-electron chi connectivity index (χ2n) is 4.11. The molecule has 0 radical (unpaired) electrons. The van der Waals surface area contributed by atoms with Crippen molar-refractivity contribution >= 4 is 5.82 Å². The van der Waals surface area contributed by atoms with Crippen LogP contribution in [-0.4, -0.2) is 35.8 Å². The quantitative estimate of drug-likeness (QED) is 0.789. The fourth-order valence-corrected chi connectivity index (χ4v) is 1.40. The van der Waals surface area contributed by atoms with Crippen molar-refractivity contribution in [1.82, 2.24) is 9.97 Å². The largest absolute Gasteiger partial charge is 0.475 e. The van der Waals surface area contributed by atoms with Gasteiger partial charge in [0, 0.05) is 13.2 Å². The summed E-state index contributed by atoms with van der Waals surface area (Å²) in [7, 11) is 1.69. The molecule has 1 heterocycles. The van der Waals surface area contributed by atoms with Gasteiger partial charge in [0.25, 0.3) is 0 Å². The molecule has 17 heavy (non-hydrogen) atoms. The third-order valence-corrected chi connectivity index (χ3v) is 2.21. The lowest BCUT2D eigenvalue weighted by Crippen LogP contribution is -2.24. The minimum atomic E-state index is 0.110. The lowest BCUT2D eigenvalue weighted by molar-refractivity contribution is 0.184. The Morgan fingerprint density at radius 2 is 2.12 bits per heavy atom. The van der Waals surface area contributed by atoms with Gasteiger partial charge in [0.2, 0.25) is 5.88 Å². The van der Waals surface area contributed by atoms with Crippen LogP contribution >= 0.6 is 0 Å². The summed E-state index contributed by atoms with van der Waals surface area (Å²) in [5, 5.41) is 3.29. The third kappa shape index (κ3) is 4.99. The van der Waals surface area contributed by atoms with Crippen molar-refractivity contribution in [3.63, 3.8) is 0 Å². The molecule has 0 saturated carbocycles. The molecule has 1 rings (SSSR count). The van der Waals surface area contributed by atoms with E-state index in [9.17, 15) is 0 Å². The van der Waals surface area contributed by atoms with Gasteiger partial charge in [-0.3, -0.25) is 0 Å². The molecule has 1 aromatic heterocycles. The maximum absolute atomic E-state index is 5.51. The molecular formula is C12H21N3O2. The summed E-state index contributed by atoms with van der Waals surface area (Å²) in [5.41, 5.74) is 0. The molecule has 96 valence electrons. The first-order valence-corrected chi connectivity index (χ1v) is 5.89. The molecule has 1 unspecified atom stereocenters. The summed E-state index contributed by atoms with van der Waals surface area (Å²) in [5.74, 6) is 1.35. The molecule has 0 spiro atoms. The van der Waals surface area contributed by atoms with Crippen molar-refractivity contribution in [2.45, 2.75) is 39.3 Å². The number of hydrogen-bond donors (Lipinski definition) is 1. The average molecular weight is 239 g/mol. The lowest BCUT2D eigenvalue weighted by atomic mass is 10.2. The van der Waals surface area contributed by atoms with E-state index in [4.69, 9.17) is 9.47 Å². The molecule has 0 aliphatic rings. The smallest absolute Gasteiger partial charge is 0.218 e. The Morgan fingerprint density at radius 3 is 2.71 bits per heavy atom. The van der Waals surface area contributed by atoms with Crippen LogP contribution in [0.5, 0.6) is 5.88 Å². The highest BCUT2D eigenvalue weighted by Gasteiger charge is 2.08. The maximum atomic E-state index is 5.51. The molecular weight excluding hydrogens is 218 g/mol. The number of nitrogens with one attached hydrogen (secondary N) is 1. The number of nitrogens with zero attached hydrogens (tertiary/aromatic N) is 2. The minimum absolute atomic E-state index is 0.110. The molecule has 5 heteroatoms. The van der Waals surface area contributed by atoms with Gasteiger partial charge in [0.15, 0.2) is 0 Å². The van der Waals surface area contributed by atoms with Crippen molar-refractivity contribution in [2.24, 2.45) is 0 Å². The van der Waals surface area contributed by atoms with Crippen LogP contribution in [0.1, 0.15) is 27.2 Å². The van der Waals surface area contributed by atoms with Gasteiger partial charge in [0.05, 0.1) is 18.8 Å². The van der Waals surface area contributed by atoms with E-state index in [1.807, 2.05) is 13.8 Å². The molecule has 1 aromatic rings. The standard InChI is InChI=1S/C12H21N3O2/c1-5-10(7-16-4)15-11-6-12(14-8-13-11)17-9(2)3/h6,8-10H,5,7H2,1-4H3,(H,13,14,15). The highest BCUT2D eigenvalue weighted by Crippen LogP contribution is 2.14. The van der Waals surface area contributed by atoms with Crippen LogP contribution in [-0.2, 0) is 4.74 Å². The van der Waals surface area contributed by atoms with Gasteiger partial charge in [-0.1, -0.05) is 6.92 Å². The van der Waals surface area contributed by atoms with Crippen LogP contribution in [0.4, 0.5) is 5.82 Å². The first-order valence-electron chi connectivity index (χ1n) is 5.89. The SMILES string of the molecule is CCC(COC)Nc1cc(OC(C)C)ncn1. The normalized spacial score (nSPS) is 12.5. The van der Waals surface area contributed by atoms with Crippen molar-refractivity contribution in [2.75, 3.05) is 19.0 Å². The van der Waals surface area contributed by atoms with Gasteiger partial charge < -0.3 is 14.8 Å². The number of aromatic nitrogens is 2. The van der Waals surface area contributed by atoms with Crippen molar-refractivity contribution in [3.8, 4) is 5.88 Å². The summed E-state index contributed by atoms with van der Waals surface area (Å²) >= 11 is 0. The van der Waals surface area contributed by atoms with Crippen molar-refractivity contribution in [3.05, 3.63) is 12.4 Å². The highest BCUT2D eigenvalue weighted by atomic mass is 16.5. The Bertz CT molecular complexity index is 331. The predicted molar refractivity (Wildman–Crippen MR) is 67.4 cm³/mol. The summed E-state index contributed by atoms with van der Waals surface area (Å²) in [6.45, 7) is 6.69. The Balaban J connectivity index is 2.63. The van der Waals surface area contributed by atoms with Crippen LogP contribution in [0.25, 0.3) is 0 Å². The number of methoxy groups -OCH3 is 1. The van der Waals surface area contributed by atoms with E-state index in [0.29, 0.717) is 12.5 Å². The monoisotopic (exact) mass is 239 g/mol. The molecule has 5 nitrogen and oxygen atoms in total. The van der Waals surface area contributed by atoms with E-state index in [-0.39, 0.29) is 12.1 Å².